The number of benzene rings is 2. The van der Waals surface area contributed by atoms with Crippen molar-refractivity contribution in [3.05, 3.63) is 87.0 Å². The summed E-state index contributed by atoms with van der Waals surface area (Å²) in [5.74, 6) is -0.0838. The summed E-state index contributed by atoms with van der Waals surface area (Å²) in [4.78, 5) is 26.9. The van der Waals surface area contributed by atoms with Crippen LogP contribution in [0.25, 0.3) is 0 Å². The molecular weight excluding hydrogens is 477 g/mol. The monoisotopic (exact) mass is 507 g/mol. The third kappa shape index (κ3) is 4.73. The highest BCUT2D eigenvalue weighted by molar-refractivity contribution is 6.32. The molecule has 188 valence electrons. The first kappa shape index (κ1) is 24.8. The van der Waals surface area contributed by atoms with Crippen LogP contribution < -0.4 is 10.1 Å². The summed E-state index contributed by atoms with van der Waals surface area (Å²) in [7, 11) is 0. The van der Waals surface area contributed by atoms with Gasteiger partial charge in [-0.1, -0.05) is 57.5 Å². The Morgan fingerprint density at radius 1 is 0.889 bits per heavy atom. The van der Waals surface area contributed by atoms with Gasteiger partial charge in [0.15, 0.2) is 11.6 Å². The van der Waals surface area contributed by atoms with E-state index in [1.165, 1.54) is 12.1 Å². The van der Waals surface area contributed by atoms with Crippen LogP contribution in [0, 0.1) is 16.6 Å². The Balaban J connectivity index is 1.52. The van der Waals surface area contributed by atoms with Crippen LogP contribution in [-0.4, -0.2) is 11.6 Å². The Bertz CT molecular complexity index is 1270. The molecule has 6 heteroatoms. The molecule has 2 aromatic rings. The minimum Gasteiger partial charge on any atom is -0.487 e. The molecule has 0 saturated heterocycles. The van der Waals surface area contributed by atoms with E-state index in [1.54, 1.807) is 18.2 Å². The van der Waals surface area contributed by atoms with Crippen molar-refractivity contribution >= 4 is 23.2 Å². The Labute approximate surface area is 216 Å². The van der Waals surface area contributed by atoms with Gasteiger partial charge in [-0.3, -0.25) is 9.59 Å². The van der Waals surface area contributed by atoms with Gasteiger partial charge in [0.1, 0.15) is 18.2 Å². The zero-order valence-corrected chi connectivity index (χ0v) is 21.9. The number of hydrogen-bond donors (Lipinski definition) is 1. The first-order valence-corrected chi connectivity index (χ1v) is 12.8. The lowest BCUT2D eigenvalue weighted by Crippen LogP contribution is -2.42. The fraction of sp³-hybridized carbons (Fsp3) is 0.400. The molecule has 1 N–H and O–H groups in total. The number of ketones is 2. The van der Waals surface area contributed by atoms with Crippen LogP contribution in [-0.2, 0) is 16.2 Å². The molecule has 36 heavy (non-hydrogen) atoms. The normalized spacial score (nSPS) is 21.2. The van der Waals surface area contributed by atoms with Crippen LogP contribution in [0.3, 0.4) is 0 Å². The minimum absolute atomic E-state index is 0.0793. The van der Waals surface area contributed by atoms with Crippen molar-refractivity contribution in [3.8, 4) is 5.75 Å². The number of hydrogen-bond acceptors (Lipinski definition) is 4. The maximum Gasteiger partial charge on any atom is 0.162 e. The van der Waals surface area contributed by atoms with Gasteiger partial charge in [0.2, 0.25) is 0 Å². The SMILES string of the molecule is CC1(C)CC(=O)C2=C(C1)NC1=C(C(=O)CC(C)(C)C1)C2c1ccc(OCc2ccc(F)cc2)c(Cl)c1. The third-order valence-electron chi connectivity index (χ3n) is 7.32. The van der Waals surface area contributed by atoms with Crippen molar-refractivity contribution in [2.24, 2.45) is 10.8 Å². The molecular formula is C30H31ClFNO3. The number of Topliss-reactive ketones (excluding diaryl/α,β-unsaturated/α-hetero) is 2. The molecule has 0 aromatic heterocycles. The second-order valence-electron chi connectivity index (χ2n) is 11.8. The number of rotatable bonds is 4. The van der Waals surface area contributed by atoms with E-state index in [-0.39, 0.29) is 34.8 Å². The summed E-state index contributed by atoms with van der Waals surface area (Å²) < 4.78 is 19.1. The number of carbonyl (C=O) groups excluding carboxylic acids is 2. The number of ether oxygens (including phenoxy) is 1. The van der Waals surface area contributed by atoms with Gasteiger partial charge in [-0.05, 0) is 59.1 Å². The van der Waals surface area contributed by atoms with Crippen molar-refractivity contribution in [1.29, 1.82) is 0 Å². The molecule has 0 bridgehead atoms. The number of dihydropyridines is 1. The van der Waals surface area contributed by atoms with Gasteiger partial charge >= 0.3 is 0 Å². The van der Waals surface area contributed by atoms with E-state index < -0.39 is 5.92 Å². The Morgan fingerprint density at radius 2 is 1.44 bits per heavy atom. The molecule has 0 atom stereocenters. The van der Waals surface area contributed by atoms with E-state index in [0.717, 1.165) is 35.4 Å². The lowest BCUT2D eigenvalue weighted by Gasteiger charge is -2.44. The second-order valence-corrected chi connectivity index (χ2v) is 12.2. The van der Waals surface area contributed by atoms with Crippen molar-refractivity contribution < 1.29 is 18.7 Å². The van der Waals surface area contributed by atoms with E-state index in [4.69, 9.17) is 16.3 Å². The highest BCUT2D eigenvalue weighted by Crippen LogP contribution is 2.51. The van der Waals surface area contributed by atoms with Crippen LogP contribution in [0.15, 0.2) is 65.0 Å². The van der Waals surface area contributed by atoms with Gasteiger partial charge in [-0.15, -0.1) is 0 Å². The fourth-order valence-corrected chi connectivity index (χ4v) is 6.02. The maximum atomic E-state index is 13.5. The van der Waals surface area contributed by atoms with Gasteiger partial charge in [-0.25, -0.2) is 4.39 Å². The van der Waals surface area contributed by atoms with Crippen molar-refractivity contribution in [2.45, 2.75) is 65.9 Å². The average Bonchev–Trinajstić information content (AvgIpc) is 2.76. The first-order valence-electron chi connectivity index (χ1n) is 12.4. The van der Waals surface area contributed by atoms with E-state index in [0.29, 0.717) is 34.8 Å². The van der Waals surface area contributed by atoms with E-state index in [9.17, 15) is 14.0 Å². The summed E-state index contributed by atoms with van der Waals surface area (Å²) >= 11 is 6.65. The largest absolute Gasteiger partial charge is 0.487 e. The standard InChI is InChI=1S/C30H31ClFNO3/c1-29(2)12-21-27(23(34)14-29)26(28-22(33-21)13-30(3,4)15-24(28)35)18-7-10-25(20(31)11-18)36-16-17-5-8-19(32)9-6-17/h5-11,26,33H,12-16H2,1-4H3. The zero-order valence-electron chi connectivity index (χ0n) is 21.1. The minimum atomic E-state index is -0.438. The van der Waals surface area contributed by atoms with Crippen LogP contribution in [0.2, 0.25) is 5.02 Å². The molecule has 4 nitrogen and oxygen atoms in total. The first-order chi connectivity index (χ1) is 16.9. The van der Waals surface area contributed by atoms with Crippen LogP contribution >= 0.6 is 11.6 Å². The molecule has 0 fully saturated rings. The van der Waals surface area contributed by atoms with E-state index >= 15 is 0 Å². The molecule has 5 rings (SSSR count). The fourth-order valence-electron chi connectivity index (χ4n) is 5.78. The van der Waals surface area contributed by atoms with Crippen molar-refractivity contribution in [3.63, 3.8) is 0 Å². The summed E-state index contributed by atoms with van der Waals surface area (Å²) in [5, 5.41) is 3.94. The quantitative estimate of drug-likeness (QED) is 0.482. The number of nitrogens with one attached hydrogen (secondary N) is 1. The zero-order chi connectivity index (χ0) is 25.8. The van der Waals surface area contributed by atoms with Gasteiger partial charge in [0.05, 0.1) is 5.02 Å². The predicted octanol–water partition coefficient (Wildman–Crippen LogP) is 7.03. The molecule has 0 unspecified atom stereocenters. The highest BCUT2D eigenvalue weighted by Gasteiger charge is 2.46. The van der Waals surface area contributed by atoms with Crippen molar-refractivity contribution in [2.75, 3.05) is 0 Å². The molecule has 0 radical (unpaired) electrons. The van der Waals surface area contributed by atoms with Gasteiger partial charge in [0, 0.05) is 41.3 Å². The second kappa shape index (κ2) is 8.88. The van der Waals surface area contributed by atoms with Gasteiger partial charge in [0.25, 0.3) is 0 Å². The maximum absolute atomic E-state index is 13.5. The molecule has 0 amide bonds. The molecule has 3 aliphatic rings. The van der Waals surface area contributed by atoms with E-state index in [1.807, 2.05) is 12.1 Å². The average molecular weight is 508 g/mol. The smallest absolute Gasteiger partial charge is 0.162 e. The van der Waals surface area contributed by atoms with Crippen LogP contribution in [0.1, 0.15) is 70.4 Å². The van der Waals surface area contributed by atoms with Crippen molar-refractivity contribution in [1.82, 2.24) is 5.32 Å². The summed E-state index contributed by atoms with van der Waals surface area (Å²) in [6, 6.07) is 11.6. The molecule has 1 aliphatic heterocycles. The Morgan fingerprint density at radius 3 is 1.97 bits per heavy atom. The highest BCUT2D eigenvalue weighted by atomic mass is 35.5. The lowest BCUT2D eigenvalue weighted by molar-refractivity contribution is -0.119. The topological polar surface area (TPSA) is 55.4 Å². The summed E-state index contributed by atoms with van der Waals surface area (Å²) in [6.45, 7) is 8.67. The Kier molecular flexibility index (Phi) is 6.11. The van der Waals surface area contributed by atoms with Crippen LogP contribution in [0.4, 0.5) is 4.39 Å². The third-order valence-corrected chi connectivity index (χ3v) is 7.61. The van der Waals surface area contributed by atoms with E-state index in [2.05, 4.69) is 33.0 Å². The lowest BCUT2D eigenvalue weighted by atomic mass is 9.64. The Hall–Kier alpha value is -2.92. The number of carbonyl (C=O) groups is 2. The molecule has 1 heterocycles. The number of allylic oxidation sites excluding steroid dienone is 4. The summed E-state index contributed by atoms with van der Waals surface area (Å²) in [5.41, 5.74) is 4.60. The van der Waals surface area contributed by atoms with Gasteiger partial charge in [-0.2, -0.15) is 0 Å². The summed E-state index contributed by atoms with van der Waals surface area (Å²) in [6.07, 6.45) is 2.39. The van der Waals surface area contributed by atoms with Gasteiger partial charge < -0.3 is 10.1 Å². The van der Waals surface area contributed by atoms with Crippen LogP contribution in [0.5, 0.6) is 5.75 Å². The molecule has 0 spiro atoms. The predicted molar refractivity (Wildman–Crippen MR) is 138 cm³/mol. The number of halogens is 2. The molecule has 2 aromatic carbocycles. The molecule has 2 aliphatic carbocycles. The molecule has 0 saturated carbocycles.